The van der Waals surface area contributed by atoms with Crippen LogP contribution in [0.2, 0.25) is 44.4 Å². The monoisotopic (exact) mass is 230 g/mol. The third-order valence-corrected chi connectivity index (χ3v) is 12.2. The van der Waals surface area contributed by atoms with Crippen molar-refractivity contribution in [3.8, 4) is 0 Å². The Balaban J connectivity index is 3.89. The van der Waals surface area contributed by atoms with E-state index in [2.05, 4.69) is 32.7 Å². The van der Waals surface area contributed by atoms with Crippen molar-refractivity contribution in [2.75, 3.05) is 0 Å². The summed E-state index contributed by atoms with van der Waals surface area (Å²) in [6.07, 6.45) is 1.92. The Morgan fingerprint density at radius 3 is 1.93 bits per heavy atom. The minimum atomic E-state index is -0.996. The van der Waals surface area contributed by atoms with Crippen LogP contribution in [0, 0.1) is 0 Å². The first-order chi connectivity index (χ1) is 6.12. The summed E-state index contributed by atoms with van der Waals surface area (Å²) in [4.78, 5) is 10.8. The molecular formula is C11H26OSi2. The zero-order chi connectivity index (χ0) is 11.4. The van der Waals surface area contributed by atoms with Gasteiger partial charge in [0.05, 0.1) is 0 Å². The molecule has 0 aliphatic rings. The lowest BCUT2D eigenvalue weighted by molar-refractivity contribution is -0.117. The fraction of sp³-hybridized carbons (Fsp3) is 0.909. The molecule has 0 aromatic carbocycles. The van der Waals surface area contributed by atoms with Crippen molar-refractivity contribution in [1.82, 2.24) is 0 Å². The van der Waals surface area contributed by atoms with Crippen molar-refractivity contribution in [3.63, 3.8) is 0 Å². The maximum Gasteiger partial charge on any atom is 0.129 e. The minimum absolute atomic E-state index is 0.350. The highest BCUT2D eigenvalue weighted by Gasteiger charge is 2.27. The highest BCUT2D eigenvalue weighted by Crippen LogP contribution is 2.24. The Morgan fingerprint density at radius 2 is 1.57 bits per heavy atom. The zero-order valence-electron chi connectivity index (χ0n) is 10.7. The molecule has 0 rings (SSSR count). The van der Waals surface area contributed by atoms with E-state index in [1.54, 1.807) is 6.92 Å². The SMILES string of the molecule is CC(=O)CCC[Si](C)(C)C[Si](C)(C)C. The van der Waals surface area contributed by atoms with Gasteiger partial charge in [0.25, 0.3) is 0 Å². The zero-order valence-corrected chi connectivity index (χ0v) is 12.7. The lowest BCUT2D eigenvalue weighted by atomic mass is 10.3. The number of carbonyl (C=O) groups excluding carboxylic acids is 1. The predicted molar refractivity (Wildman–Crippen MR) is 70.4 cm³/mol. The van der Waals surface area contributed by atoms with E-state index in [4.69, 9.17) is 0 Å². The van der Waals surface area contributed by atoms with E-state index in [0.29, 0.717) is 5.78 Å². The van der Waals surface area contributed by atoms with E-state index in [1.165, 1.54) is 11.7 Å². The molecule has 0 N–H and O–H groups in total. The average molecular weight is 230 g/mol. The van der Waals surface area contributed by atoms with Gasteiger partial charge in [0, 0.05) is 22.6 Å². The van der Waals surface area contributed by atoms with Gasteiger partial charge in [-0.15, -0.1) is 0 Å². The second kappa shape index (κ2) is 5.26. The van der Waals surface area contributed by atoms with Crippen LogP contribution in [0.5, 0.6) is 0 Å². The molecule has 0 aromatic rings. The van der Waals surface area contributed by atoms with Crippen LogP contribution in [0.4, 0.5) is 0 Å². The summed E-state index contributed by atoms with van der Waals surface area (Å²) in [6.45, 7) is 14.0. The number of hydrogen-bond donors (Lipinski definition) is 0. The number of rotatable bonds is 6. The first-order valence-electron chi connectivity index (χ1n) is 5.62. The Hall–Kier alpha value is 0.104. The van der Waals surface area contributed by atoms with Crippen LogP contribution in [-0.4, -0.2) is 21.9 Å². The molecule has 0 saturated carbocycles. The Bertz CT molecular complexity index is 192. The third kappa shape index (κ3) is 8.69. The van der Waals surface area contributed by atoms with Crippen molar-refractivity contribution in [3.05, 3.63) is 0 Å². The summed E-state index contributed by atoms with van der Waals surface area (Å²) in [5.41, 5.74) is 1.50. The number of Topliss-reactive ketones (excluding diaryl/α,β-unsaturated/α-hetero) is 1. The smallest absolute Gasteiger partial charge is 0.129 e. The highest BCUT2D eigenvalue weighted by molar-refractivity contribution is 6.94. The number of carbonyl (C=O) groups is 1. The van der Waals surface area contributed by atoms with Crippen molar-refractivity contribution in [2.45, 2.75) is 64.2 Å². The number of ketones is 1. The molecule has 3 heteroatoms. The van der Waals surface area contributed by atoms with Crippen molar-refractivity contribution >= 4 is 21.9 Å². The Labute approximate surface area is 91.3 Å². The van der Waals surface area contributed by atoms with Gasteiger partial charge in [-0.25, -0.2) is 0 Å². The number of hydrogen-bond acceptors (Lipinski definition) is 1. The molecule has 0 aliphatic heterocycles. The van der Waals surface area contributed by atoms with Crippen molar-refractivity contribution in [2.24, 2.45) is 0 Å². The quantitative estimate of drug-likeness (QED) is 0.632. The first-order valence-corrected chi connectivity index (χ1v) is 12.7. The molecule has 0 unspecified atom stereocenters. The van der Waals surface area contributed by atoms with Crippen LogP contribution in [0.1, 0.15) is 19.8 Å². The van der Waals surface area contributed by atoms with Crippen LogP contribution in [0.15, 0.2) is 0 Å². The first kappa shape index (κ1) is 14.1. The molecule has 0 aromatic heterocycles. The molecule has 0 radical (unpaired) electrons. The molecule has 0 atom stereocenters. The van der Waals surface area contributed by atoms with E-state index in [9.17, 15) is 4.79 Å². The maximum absolute atomic E-state index is 10.8. The van der Waals surface area contributed by atoms with Gasteiger partial charge >= 0.3 is 0 Å². The van der Waals surface area contributed by atoms with Crippen LogP contribution >= 0.6 is 0 Å². The molecule has 0 heterocycles. The largest absolute Gasteiger partial charge is 0.300 e. The van der Waals surface area contributed by atoms with Gasteiger partial charge in [-0.3, -0.25) is 0 Å². The Kier molecular flexibility index (Phi) is 5.30. The van der Waals surface area contributed by atoms with Gasteiger partial charge in [0.15, 0.2) is 0 Å². The summed E-state index contributed by atoms with van der Waals surface area (Å²) in [7, 11) is -1.89. The fourth-order valence-electron chi connectivity index (χ4n) is 2.34. The molecule has 14 heavy (non-hydrogen) atoms. The van der Waals surface area contributed by atoms with E-state index < -0.39 is 16.1 Å². The average Bonchev–Trinajstić information content (AvgIpc) is 1.78. The maximum atomic E-state index is 10.8. The van der Waals surface area contributed by atoms with Crippen LogP contribution in [0.3, 0.4) is 0 Å². The fourth-order valence-corrected chi connectivity index (χ4v) is 15.7. The summed E-state index contributed by atoms with van der Waals surface area (Å²) >= 11 is 0. The summed E-state index contributed by atoms with van der Waals surface area (Å²) in [6, 6.07) is 1.33. The second-order valence-corrected chi connectivity index (χ2v) is 17.8. The Morgan fingerprint density at radius 1 is 1.07 bits per heavy atom. The molecule has 0 spiro atoms. The molecule has 84 valence electrons. The van der Waals surface area contributed by atoms with Gasteiger partial charge < -0.3 is 4.79 Å². The van der Waals surface area contributed by atoms with Gasteiger partial charge in [-0.1, -0.05) is 44.4 Å². The van der Waals surface area contributed by atoms with Gasteiger partial charge in [0.2, 0.25) is 0 Å². The van der Waals surface area contributed by atoms with Gasteiger partial charge in [-0.2, -0.15) is 0 Å². The molecular weight excluding hydrogens is 204 g/mol. The minimum Gasteiger partial charge on any atom is -0.300 e. The van der Waals surface area contributed by atoms with Crippen molar-refractivity contribution < 1.29 is 4.79 Å². The van der Waals surface area contributed by atoms with Gasteiger partial charge in [-0.05, 0) is 13.3 Å². The standard InChI is InChI=1S/C11H26OSi2/c1-11(12)8-7-9-14(5,6)10-13(2,3)4/h7-10H2,1-6H3. The second-order valence-electron chi connectivity index (χ2n) is 6.46. The van der Waals surface area contributed by atoms with Crippen LogP contribution in [-0.2, 0) is 4.79 Å². The van der Waals surface area contributed by atoms with E-state index in [0.717, 1.165) is 12.8 Å². The molecule has 0 amide bonds. The highest BCUT2D eigenvalue weighted by atomic mass is 28.4. The van der Waals surface area contributed by atoms with Crippen LogP contribution < -0.4 is 0 Å². The van der Waals surface area contributed by atoms with Crippen molar-refractivity contribution in [1.29, 1.82) is 0 Å². The summed E-state index contributed by atoms with van der Waals surface area (Å²) in [5.74, 6) is 0.350. The predicted octanol–water partition coefficient (Wildman–Crippen LogP) is 3.94. The van der Waals surface area contributed by atoms with E-state index in [-0.39, 0.29) is 0 Å². The molecule has 0 bridgehead atoms. The normalized spacial score (nSPS) is 13.0. The third-order valence-electron chi connectivity index (χ3n) is 2.39. The van der Waals surface area contributed by atoms with E-state index in [1.807, 2.05) is 0 Å². The lowest BCUT2D eigenvalue weighted by Gasteiger charge is -2.29. The van der Waals surface area contributed by atoms with E-state index >= 15 is 0 Å². The lowest BCUT2D eigenvalue weighted by Crippen LogP contribution is -2.37. The summed E-state index contributed by atoms with van der Waals surface area (Å²) in [5, 5.41) is 0. The molecule has 0 fully saturated rings. The van der Waals surface area contributed by atoms with Crippen LogP contribution in [0.25, 0.3) is 0 Å². The molecule has 1 nitrogen and oxygen atoms in total. The topological polar surface area (TPSA) is 17.1 Å². The summed E-state index contributed by atoms with van der Waals surface area (Å²) < 4.78 is 0. The van der Waals surface area contributed by atoms with Gasteiger partial charge in [0.1, 0.15) is 5.78 Å². The molecule has 0 aliphatic carbocycles. The molecule has 0 saturated heterocycles.